The normalized spacial score (nSPS) is 12.1. The van der Waals surface area contributed by atoms with Crippen molar-refractivity contribution in [1.82, 2.24) is 10.3 Å². The van der Waals surface area contributed by atoms with Gasteiger partial charge in [0.1, 0.15) is 18.0 Å². The number of sulfonamides is 1. The van der Waals surface area contributed by atoms with Crippen LogP contribution in [0, 0.1) is 0 Å². The summed E-state index contributed by atoms with van der Waals surface area (Å²) in [7, 11) is -0.878. The highest BCUT2D eigenvalue weighted by Gasteiger charge is 2.29. The number of amides is 1. The van der Waals surface area contributed by atoms with Crippen LogP contribution in [0.2, 0.25) is 0 Å². The van der Waals surface area contributed by atoms with Crippen LogP contribution in [0.5, 0.6) is 11.5 Å². The molecular weight excluding hydrogens is 438 g/mol. The van der Waals surface area contributed by atoms with Gasteiger partial charge in [0.25, 0.3) is 10.0 Å². The first-order valence-electron chi connectivity index (χ1n) is 9.35. The zero-order chi connectivity index (χ0) is 22.4. The first kappa shape index (κ1) is 22.6. The monoisotopic (exact) mass is 461 g/mol. The van der Waals surface area contributed by atoms with Crippen molar-refractivity contribution in [3.8, 4) is 11.5 Å². The van der Waals surface area contributed by atoms with Crippen LogP contribution in [0.3, 0.4) is 0 Å². The van der Waals surface area contributed by atoms with Gasteiger partial charge >= 0.3 is 0 Å². The molecule has 8 nitrogen and oxygen atoms in total. The van der Waals surface area contributed by atoms with Crippen LogP contribution < -0.4 is 19.1 Å². The van der Waals surface area contributed by atoms with E-state index in [1.807, 2.05) is 0 Å². The fourth-order valence-electron chi connectivity index (χ4n) is 2.99. The largest absolute Gasteiger partial charge is 0.497 e. The van der Waals surface area contributed by atoms with E-state index in [0.717, 1.165) is 15.6 Å². The van der Waals surface area contributed by atoms with Gasteiger partial charge in [-0.2, -0.15) is 0 Å². The van der Waals surface area contributed by atoms with Crippen LogP contribution in [0.4, 0.5) is 5.13 Å². The van der Waals surface area contributed by atoms with Gasteiger partial charge in [-0.25, -0.2) is 17.7 Å². The molecule has 1 amide bonds. The molecule has 1 unspecified atom stereocenters. The lowest BCUT2D eigenvalue weighted by Gasteiger charge is -2.23. The third-order valence-corrected chi connectivity index (χ3v) is 7.19. The van der Waals surface area contributed by atoms with Crippen molar-refractivity contribution in [1.29, 1.82) is 0 Å². The Morgan fingerprint density at radius 3 is 2.52 bits per heavy atom. The highest BCUT2D eigenvalue weighted by molar-refractivity contribution is 7.93. The highest BCUT2D eigenvalue weighted by Crippen LogP contribution is 2.30. The van der Waals surface area contributed by atoms with Crippen molar-refractivity contribution in [2.45, 2.75) is 17.9 Å². The maximum atomic E-state index is 13.2. The van der Waals surface area contributed by atoms with Gasteiger partial charge in [0.05, 0.1) is 25.2 Å². The van der Waals surface area contributed by atoms with Gasteiger partial charge in [-0.15, -0.1) is 11.3 Å². The van der Waals surface area contributed by atoms with E-state index in [0.29, 0.717) is 17.1 Å². The van der Waals surface area contributed by atoms with Crippen molar-refractivity contribution in [2.75, 3.05) is 25.1 Å². The molecule has 1 N–H and O–H groups in total. The minimum atomic E-state index is -3.97. The molecule has 0 spiro atoms. The average Bonchev–Trinajstić information content (AvgIpc) is 3.31. The van der Waals surface area contributed by atoms with Gasteiger partial charge in [-0.05, 0) is 37.3 Å². The Morgan fingerprint density at radius 1 is 1.16 bits per heavy atom. The van der Waals surface area contributed by atoms with E-state index in [9.17, 15) is 13.2 Å². The van der Waals surface area contributed by atoms with E-state index in [1.165, 1.54) is 25.4 Å². The zero-order valence-corrected chi connectivity index (χ0v) is 18.9. The van der Waals surface area contributed by atoms with E-state index in [4.69, 9.17) is 9.47 Å². The molecule has 0 saturated carbocycles. The Balaban J connectivity index is 1.84. The number of aromatic nitrogens is 1. The lowest BCUT2D eigenvalue weighted by atomic mass is 10.1. The maximum Gasteiger partial charge on any atom is 0.266 e. The van der Waals surface area contributed by atoms with Crippen molar-refractivity contribution in [3.63, 3.8) is 0 Å². The van der Waals surface area contributed by atoms with Crippen LogP contribution in [-0.2, 0) is 14.8 Å². The van der Waals surface area contributed by atoms with Crippen molar-refractivity contribution < 1.29 is 22.7 Å². The molecule has 164 valence electrons. The molecule has 0 fully saturated rings. The molecule has 3 aromatic rings. The summed E-state index contributed by atoms with van der Waals surface area (Å²) in [5.74, 6) is 0.724. The SMILES string of the molecule is COc1ccc(OC)c(C(C)NC(=O)CN(c2nccs2)S(=O)(=O)c2ccccc2)c1. The molecular formula is C21H23N3O5S2. The van der Waals surface area contributed by atoms with Crippen LogP contribution in [0.1, 0.15) is 18.5 Å². The fourth-order valence-corrected chi connectivity index (χ4v) is 5.25. The Morgan fingerprint density at radius 2 is 1.90 bits per heavy atom. The minimum Gasteiger partial charge on any atom is -0.497 e. The van der Waals surface area contributed by atoms with Crippen molar-refractivity contribution >= 4 is 32.4 Å². The predicted octanol–water partition coefficient (Wildman–Crippen LogP) is 3.23. The number of rotatable bonds is 9. The lowest BCUT2D eigenvalue weighted by molar-refractivity contribution is -0.120. The first-order chi connectivity index (χ1) is 14.9. The summed E-state index contributed by atoms with van der Waals surface area (Å²) < 4.78 is 38.0. The number of benzene rings is 2. The molecule has 0 aliphatic carbocycles. The number of methoxy groups -OCH3 is 2. The number of nitrogens with zero attached hydrogens (tertiary/aromatic N) is 2. The lowest BCUT2D eigenvalue weighted by Crippen LogP contribution is -2.41. The summed E-state index contributed by atoms with van der Waals surface area (Å²) in [6, 6.07) is 12.8. The molecule has 0 saturated heterocycles. The number of carbonyl (C=O) groups excluding carboxylic acids is 1. The van der Waals surface area contributed by atoms with Crippen LogP contribution >= 0.6 is 11.3 Å². The van der Waals surface area contributed by atoms with Crippen LogP contribution in [-0.4, -0.2) is 40.1 Å². The Kier molecular flexibility index (Phi) is 7.13. The Labute approximate surface area is 185 Å². The number of hydrogen-bond acceptors (Lipinski definition) is 7. The number of thiazole rings is 1. The number of nitrogens with one attached hydrogen (secondary N) is 1. The smallest absolute Gasteiger partial charge is 0.266 e. The van der Waals surface area contributed by atoms with Gasteiger partial charge in [0, 0.05) is 17.1 Å². The molecule has 0 radical (unpaired) electrons. The molecule has 1 heterocycles. The molecule has 3 rings (SSSR count). The van der Waals surface area contributed by atoms with Gasteiger partial charge in [0.2, 0.25) is 5.91 Å². The molecule has 2 aromatic carbocycles. The average molecular weight is 462 g/mol. The molecule has 1 atom stereocenters. The maximum absolute atomic E-state index is 13.2. The predicted molar refractivity (Wildman–Crippen MR) is 119 cm³/mol. The summed E-state index contributed by atoms with van der Waals surface area (Å²) in [4.78, 5) is 17.0. The molecule has 0 aliphatic heterocycles. The Bertz CT molecular complexity index is 1120. The topological polar surface area (TPSA) is 97.8 Å². The third-order valence-electron chi connectivity index (χ3n) is 4.53. The number of ether oxygens (including phenoxy) is 2. The van der Waals surface area contributed by atoms with Crippen LogP contribution in [0.25, 0.3) is 0 Å². The van der Waals surface area contributed by atoms with E-state index in [2.05, 4.69) is 10.3 Å². The van der Waals surface area contributed by atoms with E-state index in [-0.39, 0.29) is 10.0 Å². The standard InChI is InChI=1S/C21H23N3O5S2/c1-15(18-13-16(28-2)9-10-19(18)29-3)23-20(25)14-24(21-22-11-12-30-21)31(26,27)17-7-5-4-6-8-17/h4-13,15H,14H2,1-3H3,(H,23,25). The number of anilines is 1. The summed E-state index contributed by atoms with van der Waals surface area (Å²) in [6.07, 6.45) is 1.50. The molecule has 0 bridgehead atoms. The van der Waals surface area contributed by atoms with Gasteiger partial charge in [-0.1, -0.05) is 18.2 Å². The van der Waals surface area contributed by atoms with E-state index < -0.39 is 28.5 Å². The zero-order valence-electron chi connectivity index (χ0n) is 17.3. The van der Waals surface area contributed by atoms with Crippen molar-refractivity contribution in [3.05, 3.63) is 65.7 Å². The molecule has 31 heavy (non-hydrogen) atoms. The summed E-state index contributed by atoms with van der Waals surface area (Å²) >= 11 is 1.14. The highest BCUT2D eigenvalue weighted by atomic mass is 32.2. The van der Waals surface area contributed by atoms with Gasteiger partial charge in [0.15, 0.2) is 5.13 Å². The number of hydrogen-bond donors (Lipinski definition) is 1. The van der Waals surface area contributed by atoms with Crippen molar-refractivity contribution in [2.24, 2.45) is 0 Å². The van der Waals surface area contributed by atoms with E-state index in [1.54, 1.807) is 55.8 Å². The molecule has 1 aromatic heterocycles. The summed E-state index contributed by atoms with van der Waals surface area (Å²) in [6.45, 7) is 1.37. The molecule has 10 heteroatoms. The van der Waals surface area contributed by atoms with Crippen LogP contribution in [0.15, 0.2) is 65.0 Å². The van der Waals surface area contributed by atoms with E-state index >= 15 is 0 Å². The number of carbonyl (C=O) groups is 1. The fraction of sp³-hybridized carbons (Fsp3) is 0.238. The Hall–Kier alpha value is -3.11. The van der Waals surface area contributed by atoms with Gasteiger partial charge < -0.3 is 14.8 Å². The summed E-state index contributed by atoms with van der Waals surface area (Å²) in [5, 5.41) is 4.71. The molecule has 0 aliphatic rings. The quantitative estimate of drug-likeness (QED) is 0.525. The second-order valence-corrected chi connectivity index (χ2v) is 9.27. The van der Waals surface area contributed by atoms with Gasteiger partial charge in [-0.3, -0.25) is 4.79 Å². The second kappa shape index (κ2) is 9.80. The summed E-state index contributed by atoms with van der Waals surface area (Å²) in [5.41, 5.74) is 0.710. The third kappa shape index (κ3) is 5.15. The second-order valence-electron chi connectivity index (χ2n) is 6.54. The minimum absolute atomic E-state index is 0.0838. The first-order valence-corrected chi connectivity index (χ1v) is 11.7.